The average molecular weight is 298 g/mol. The minimum atomic E-state index is -0.924. The summed E-state index contributed by atoms with van der Waals surface area (Å²) in [7, 11) is 0. The number of aliphatic hydroxyl groups is 1. The number of aliphatic hydroxyl groups excluding tert-OH is 1. The number of hydrogen-bond acceptors (Lipinski definition) is 3. The van der Waals surface area contributed by atoms with Crippen LogP contribution in [0.25, 0.3) is 0 Å². The number of urea groups is 1. The molecule has 0 saturated carbocycles. The predicted molar refractivity (Wildman–Crippen MR) is 77.9 cm³/mol. The number of nitrogens with zero attached hydrogens (tertiary/aromatic N) is 2. The van der Waals surface area contributed by atoms with E-state index in [0.29, 0.717) is 32.0 Å². The molecular formula is C15H26N2O4. The minimum Gasteiger partial charge on any atom is -0.480 e. The summed E-state index contributed by atoms with van der Waals surface area (Å²) < 4.78 is 0. The lowest BCUT2D eigenvalue weighted by atomic mass is 9.89. The monoisotopic (exact) mass is 298 g/mol. The molecule has 2 N–H and O–H groups in total. The average Bonchev–Trinajstić information content (AvgIpc) is 2.48. The quantitative estimate of drug-likeness (QED) is 0.807. The predicted octanol–water partition coefficient (Wildman–Crippen LogP) is 1.38. The lowest BCUT2D eigenvalue weighted by Crippen LogP contribution is -2.57. The first-order chi connectivity index (χ1) is 9.93. The topological polar surface area (TPSA) is 81.1 Å². The molecule has 0 bridgehead atoms. The molecular weight excluding hydrogens is 272 g/mol. The number of piperidine rings is 2. The molecule has 0 aromatic carbocycles. The van der Waals surface area contributed by atoms with Crippen LogP contribution in [-0.4, -0.2) is 63.8 Å². The van der Waals surface area contributed by atoms with Crippen LogP contribution in [0.4, 0.5) is 4.79 Å². The van der Waals surface area contributed by atoms with Crippen molar-refractivity contribution in [3.05, 3.63) is 0 Å². The lowest BCUT2D eigenvalue weighted by Gasteiger charge is -2.42. The van der Waals surface area contributed by atoms with E-state index in [1.54, 1.807) is 4.90 Å². The smallest absolute Gasteiger partial charge is 0.326 e. The van der Waals surface area contributed by atoms with Gasteiger partial charge in [-0.15, -0.1) is 0 Å². The molecule has 0 aliphatic carbocycles. The molecule has 120 valence electrons. The van der Waals surface area contributed by atoms with Gasteiger partial charge in [0.15, 0.2) is 0 Å². The summed E-state index contributed by atoms with van der Waals surface area (Å²) in [6, 6.07) is -0.962. The van der Waals surface area contributed by atoms with Gasteiger partial charge in [0.2, 0.25) is 0 Å². The maximum absolute atomic E-state index is 12.6. The first-order valence-electron chi connectivity index (χ1n) is 7.90. The Labute approximate surface area is 125 Å². The number of β-amino-alcohol motifs (C(OH)–C–C–N with tert-alkyl or cyclic N) is 1. The number of aliphatic carboxylic acids is 1. The molecule has 2 heterocycles. The third kappa shape index (κ3) is 3.48. The fourth-order valence-corrected chi connectivity index (χ4v) is 3.28. The van der Waals surface area contributed by atoms with Crippen LogP contribution >= 0.6 is 0 Å². The molecule has 2 amide bonds. The highest BCUT2D eigenvalue weighted by atomic mass is 16.4. The van der Waals surface area contributed by atoms with Gasteiger partial charge in [0, 0.05) is 19.6 Å². The Morgan fingerprint density at radius 2 is 1.95 bits per heavy atom. The number of carboxylic acids is 1. The van der Waals surface area contributed by atoms with E-state index in [4.69, 9.17) is 0 Å². The molecule has 0 spiro atoms. The number of likely N-dealkylation sites (tertiary alicyclic amines) is 2. The highest BCUT2D eigenvalue weighted by Gasteiger charge is 2.39. The van der Waals surface area contributed by atoms with Crippen molar-refractivity contribution in [2.24, 2.45) is 11.8 Å². The molecule has 0 radical (unpaired) electrons. The molecule has 4 unspecified atom stereocenters. The minimum absolute atomic E-state index is 0.190. The standard InChI is InChI=1S/C15H26N2O4/c1-3-11-5-7-17(12(8-11)14(19)20)15(21)16-6-4-10(2)13(18)9-16/h10-13,18H,3-9H2,1-2H3,(H,19,20). The molecule has 6 nitrogen and oxygen atoms in total. The Balaban J connectivity index is 2.05. The molecule has 2 fully saturated rings. The Morgan fingerprint density at radius 1 is 1.24 bits per heavy atom. The van der Waals surface area contributed by atoms with Crippen molar-refractivity contribution < 1.29 is 19.8 Å². The van der Waals surface area contributed by atoms with Gasteiger partial charge in [-0.2, -0.15) is 0 Å². The van der Waals surface area contributed by atoms with Crippen LogP contribution in [0.2, 0.25) is 0 Å². The number of amides is 2. The highest BCUT2D eigenvalue weighted by molar-refractivity contribution is 5.83. The van der Waals surface area contributed by atoms with E-state index in [0.717, 1.165) is 19.3 Å². The van der Waals surface area contributed by atoms with Gasteiger partial charge in [0.1, 0.15) is 6.04 Å². The lowest BCUT2D eigenvalue weighted by molar-refractivity contribution is -0.144. The SMILES string of the molecule is CCC1CCN(C(=O)N2CCC(C)C(O)C2)C(C(=O)O)C1. The van der Waals surface area contributed by atoms with Gasteiger partial charge in [-0.05, 0) is 31.1 Å². The fourth-order valence-electron chi connectivity index (χ4n) is 3.28. The van der Waals surface area contributed by atoms with Crippen molar-refractivity contribution in [3.8, 4) is 0 Å². The summed E-state index contributed by atoms with van der Waals surface area (Å²) in [5, 5.41) is 19.3. The molecule has 21 heavy (non-hydrogen) atoms. The van der Waals surface area contributed by atoms with Crippen molar-refractivity contribution in [2.75, 3.05) is 19.6 Å². The summed E-state index contributed by atoms with van der Waals surface area (Å²) >= 11 is 0. The second-order valence-corrected chi connectivity index (χ2v) is 6.41. The van der Waals surface area contributed by atoms with Crippen molar-refractivity contribution >= 4 is 12.0 Å². The van der Waals surface area contributed by atoms with Gasteiger partial charge in [-0.25, -0.2) is 9.59 Å². The van der Waals surface area contributed by atoms with Crippen molar-refractivity contribution in [1.29, 1.82) is 0 Å². The van der Waals surface area contributed by atoms with Gasteiger partial charge >= 0.3 is 12.0 Å². The van der Waals surface area contributed by atoms with Crippen LogP contribution in [-0.2, 0) is 4.79 Å². The Bertz CT molecular complexity index is 401. The van der Waals surface area contributed by atoms with Crippen LogP contribution in [0.5, 0.6) is 0 Å². The summed E-state index contributed by atoms with van der Waals surface area (Å²) in [5.41, 5.74) is 0. The van der Waals surface area contributed by atoms with Crippen molar-refractivity contribution in [3.63, 3.8) is 0 Å². The van der Waals surface area contributed by atoms with Gasteiger partial charge in [0.05, 0.1) is 6.10 Å². The van der Waals surface area contributed by atoms with Crippen molar-refractivity contribution in [2.45, 2.75) is 51.7 Å². The summed E-state index contributed by atoms with van der Waals surface area (Å²) in [6.07, 6.45) is 2.59. The van der Waals surface area contributed by atoms with Gasteiger partial charge in [0.25, 0.3) is 0 Å². The van der Waals surface area contributed by atoms with Crippen LogP contribution < -0.4 is 0 Å². The number of rotatable bonds is 2. The van der Waals surface area contributed by atoms with Crippen LogP contribution in [0.1, 0.15) is 39.5 Å². The first-order valence-corrected chi connectivity index (χ1v) is 7.90. The zero-order chi connectivity index (χ0) is 15.6. The number of carbonyl (C=O) groups excluding carboxylic acids is 1. The number of carboxylic acid groups (broad SMARTS) is 1. The van der Waals surface area contributed by atoms with E-state index in [2.05, 4.69) is 6.92 Å². The number of hydrogen-bond donors (Lipinski definition) is 2. The van der Waals surface area contributed by atoms with E-state index in [1.807, 2.05) is 6.92 Å². The molecule has 2 saturated heterocycles. The van der Waals surface area contributed by atoms with Crippen LogP contribution in [0, 0.1) is 11.8 Å². The third-order valence-corrected chi connectivity index (χ3v) is 5.01. The van der Waals surface area contributed by atoms with E-state index < -0.39 is 18.1 Å². The normalized spacial score (nSPS) is 33.9. The van der Waals surface area contributed by atoms with E-state index in [-0.39, 0.29) is 11.9 Å². The summed E-state index contributed by atoms with van der Waals surface area (Å²) in [4.78, 5) is 27.1. The maximum atomic E-state index is 12.6. The van der Waals surface area contributed by atoms with Gasteiger partial charge in [-0.3, -0.25) is 0 Å². The van der Waals surface area contributed by atoms with E-state index in [1.165, 1.54) is 4.90 Å². The molecule has 4 atom stereocenters. The fraction of sp³-hybridized carbons (Fsp3) is 0.867. The van der Waals surface area contributed by atoms with E-state index in [9.17, 15) is 19.8 Å². The molecule has 0 aromatic heterocycles. The summed E-state index contributed by atoms with van der Waals surface area (Å²) in [5.74, 6) is -0.357. The van der Waals surface area contributed by atoms with Crippen LogP contribution in [0.15, 0.2) is 0 Å². The zero-order valence-electron chi connectivity index (χ0n) is 12.9. The summed E-state index contributed by atoms with van der Waals surface area (Å²) in [6.45, 7) is 5.43. The zero-order valence-corrected chi connectivity index (χ0v) is 12.9. The Kier molecular flexibility index (Phi) is 5.08. The Hall–Kier alpha value is -1.30. The largest absolute Gasteiger partial charge is 0.480 e. The molecule has 2 aliphatic heterocycles. The van der Waals surface area contributed by atoms with Crippen LogP contribution in [0.3, 0.4) is 0 Å². The maximum Gasteiger partial charge on any atom is 0.326 e. The van der Waals surface area contributed by atoms with Gasteiger partial charge in [-0.1, -0.05) is 20.3 Å². The molecule has 6 heteroatoms. The van der Waals surface area contributed by atoms with E-state index >= 15 is 0 Å². The number of carbonyl (C=O) groups is 2. The third-order valence-electron chi connectivity index (χ3n) is 5.01. The second kappa shape index (κ2) is 6.64. The first kappa shape index (κ1) is 16.1. The molecule has 0 aromatic rings. The Morgan fingerprint density at radius 3 is 2.52 bits per heavy atom. The molecule has 2 rings (SSSR count). The second-order valence-electron chi connectivity index (χ2n) is 6.41. The highest BCUT2D eigenvalue weighted by Crippen LogP contribution is 2.27. The van der Waals surface area contributed by atoms with Crippen molar-refractivity contribution in [1.82, 2.24) is 9.80 Å². The van der Waals surface area contributed by atoms with Gasteiger partial charge < -0.3 is 20.0 Å². The molecule has 2 aliphatic rings.